The third-order valence-corrected chi connectivity index (χ3v) is 5.34. The number of hydrogen-bond acceptors (Lipinski definition) is 6. The van der Waals surface area contributed by atoms with Crippen molar-refractivity contribution in [3.63, 3.8) is 0 Å². The van der Waals surface area contributed by atoms with Crippen molar-refractivity contribution in [1.29, 1.82) is 0 Å². The summed E-state index contributed by atoms with van der Waals surface area (Å²) >= 11 is 0. The van der Waals surface area contributed by atoms with Gasteiger partial charge in [0.05, 0.1) is 12.8 Å². The van der Waals surface area contributed by atoms with E-state index in [1.54, 1.807) is 13.2 Å². The molecule has 156 valence electrons. The van der Waals surface area contributed by atoms with Gasteiger partial charge in [0.1, 0.15) is 0 Å². The molecular weight excluding hydrogens is 366 g/mol. The first-order valence-corrected chi connectivity index (χ1v) is 10.1. The molecule has 0 aliphatic carbocycles. The molecule has 1 aromatic heterocycles. The predicted octanol–water partition coefficient (Wildman–Crippen LogP) is 2.69. The zero-order valence-electron chi connectivity index (χ0n) is 17.3. The molecule has 2 heterocycles. The normalized spacial score (nSPS) is 18.4. The molecule has 1 saturated heterocycles. The number of hydrogen-bond donors (Lipinski definition) is 2. The molecule has 0 bridgehead atoms. The number of nitrogens with zero attached hydrogens (tertiary/aromatic N) is 3. The maximum atomic E-state index is 9.70. The maximum Gasteiger partial charge on any atom is 0.161 e. The van der Waals surface area contributed by atoms with Gasteiger partial charge in [-0.3, -0.25) is 14.8 Å². The Kier molecular flexibility index (Phi) is 7.63. The van der Waals surface area contributed by atoms with Crippen LogP contribution in [0.5, 0.6) is 11.5 Å². The second-order valence-corrected chi connectivity index (χ2v) is 7.50. The zero-order valence-corrected chi connectivity index (χ0v) is 17.3. The molecule has 3 rings (SSSR count). The highest BCUT2D eigenvalue weighted by atomic mass is 16.5. The predicted molar refractivity (Wildman–Crippen MR) is 115 cm³/mol. The van der Waals surface area contributed by atoms with Gasteiger partial charge in [0.2, 0.25) is 0 Å². The van der Waals surface area contributed by atoms with E-state index in [-0.39, 0.29) is 12.4 Å². The molecule has 6 nitrogen and oxygen atoms in total. The van der Waals surface area contributed by atoms with Crippen LogP contribution in [-0.2, 0) is 6.54 Å². The molecule has 6 heteroatoms. The van der Waals surface area contributed by atoms with Crippen LogP contribution in [-0.4, -0.2) is 70.9 Å². The fourth-order valence-corrected chi connectivity index (χ4v) is 3.79. The van der Waals surface area contributed by atoms with Crippen LogP contribution in [0.25, 0.3) is 6.08 Å². The molecule has 1 aliphatic heterocycles. The summed E-state index contributed by atoms with van der Waals surface area (Å²) in [5.41, 5.74) is 3.12. The summed E-state index contributed by atoms with van der Waals surface area (Å²) in [4.78, 5) is 9.47. The lowest BCUT2D eigenvalue weighted by molar-refractivity contribution is 0.0587. The minimum Gasteiger partial charge on any atom is -0.504 e. The van der Waals surface area contributed by atoms with Gasteiger partial charge >= 0.3 is 0 Å². The lowest BCUT2D eigenvalue weighted by atomic mass is 10.1. The van der Waals surface area contributed by atoms with Crippen LogP contribution >= 0.6 is 0 Å². The largest absolute Gasteiger partial charge is 0.504 e. The van der Waals surface area contributed by atoms with Gasteiger partial charge in [-0.05, 0) is 43.2 Å². The first-order chi connectivity index (χ1) is 14.1. The van der Waals surface area contributed by atoms with Gasteiger partial charge in [-0.25, -0.2) is 0 Å². The van der Waals surface area contributed by atoms with Crippen LogP contribution in [0.2, 0.25) is 0 Å². The molecule has 1 atom stereocenters. The van der Waals surface area contributed by atoms with E-state index in [1.807, 2.05) is 31.2 Å². The molecule has 0 saturated carbocycles. The average Bonchev–Trinajstić information content (AvgIpc) is 2.71. The molecule has 0 amide bonds. The molecule has 1 aromatic carbocycles. The van der Waals surface area contributed by atoms with Gasteiger partial charge in [0.15, 0.2) is 11.5 Å². The number of phenolic OH excluding ortho intramolecular Hbond substituents is 1. The number of phenols is 1. The minimum atomic E-state index is 0.149. The first-order valence-electron chi connectivity index (χ1n) is 10.1. The number of piperazine rings is 1. The summed E-state index contributed by atoms with van der Waals surface area (Å²) in [6.45, 7) is 6.75. The number of methoxy groups -OCH3 is 1. The van der Waals surface area contributed by atoms with Crippen LogP contribution in [0.3, 0.4) is 0 Å². The Morgan fingerprint density at radius 3 is 2.86 bits per heavy atom. The summed E-state index contributed by atoms with van der Waals surface area (Å²) in [7, 11) is 1.55. The van der Waals surface area contributed by atoms with Crippen molar-refractivity contribution in [3.8, 4) is 11.5 Å². The zero-order chi connectivity index (χ0) is 20.6. The van der Waals surface area contributed by atoms with E-state index in [4.69, 9.17) is 4.74 Å². The number of aromatic hydroxyl groups is 1. The summed E-state index contributed by atoms with van der Waals surface area (Å²) in [6.07, 6.45) is 4.95. The van der Waals surface area contributed by atoms with Gasteiger partial charge in [-0.15, -0.1) is 0 Å². The topological polar surface area (TPSA) is 69.1 Å². The molecule has 0 radical (unpaired) electrons. The number of aliphatic hydroxyl groups excluding tert-OH is 1. The summed E-state index contributed by atoms with van der Waals surface area (Å²) in [5, 5.41) is 19.2. The molecule has 1 aliphatic rings. The quantitative estimate of drug-likeness (QED) is 0.714. The number of pyridine rings is 1. The summed E-state index contributed by atoms with van der Waals surface area (Å²) in [5.74, 6) is 0.629. The molecule has 1 fully saturated rings. The SMILES string of the molecule is COc1cc(/C=C/CN2CCN(Cc3cccc(C)n3)[C@H](CCO)C2)ccc1O. The molecule has 29 heavy (non-hydrogen) atoms. The Balaban J connectivity index is 1.57. The van der Waals surface area contributed by atoms with Crippen molar-refractivity contribution in [2.45, 2.75) is 25.9 Å². The average molecular weight is 398 g/mol. The second-order valence-electron chi connectivity index (χ2n) is 7.50. The summed E-state index contributed by atoms with van der Waals surface area (Å²) in [6, 6.07) is 11.8. The highest BCUT2D eigenvalue weighted by Crippen LogP contribution is 2.26. The van der Waals surface area contributed by atoms with Crippen molar-refractivity contribution in [3.05, 3.63) is 59.4 Å². The van der Waals surface area contributed by atoms with Crippen molar-refractivity contribution in [1.82, 2.24) is 14.8 Å². The van der Waals surface area contributed by atoms with Gasteiger partial charge in [-0.2, -0.15) is 0 Å². The van der Waals surface area contributed by atoms with Gasteiger partial charge in [-0.1, -0.05) is 24.3 Å². The summed E-state index contributed by atoms with van der Waals surface area (Å²) < 4.78 is 5.16. The number of benzene rings is 1. The third-order valence-electron chi connectivity index (χ3n) is 5.34. The van der Waals surface area contributed by atoms with Crippen molar-refractivity contribution >= 4 is 6.08 Å². The Hall–Kier alpha value is -2.41. The van der Waals surface area contributed by atoms with Crippen molar-refractivity contribution in [2.75, 3.05) is 39.9 Å². The Morgan fingerprint density at radius 1 is 1.24 bits per heavy atom. The highest BCUT2D eigenvalue weighted by Gasteiger charge is 2.26. The fraction of sp³-hybridized carbons (Fsp3) is 0.435. The van der Waals surface area contributed by atoms with E-state index in [2.05, 4.69) is 33.0 Å². The Labute approximate surface area is 173 Å². The van der Waals surface area contributed by atoms with E-state index in [0.29, 0.717) is 11.8 Å². The van der Waals surface area contributed by atoms with Gasteiger partial charge in [0.25, 0.3) is 0 Å². The van der Waals surface area contributed by atoms with E-state index in [9.17, 15) is 10.2 Å². The Morgan fingerprint density at radius 2 is 2.10 bits per heavy atom. The monoisotopic (exact) mass is 397 g/mol. The van der Waals surface area contributed by atoms with Gasteiger partial charge in [0, 0.05) is 51.1 Å². The minimum absolute atomic E-state index is 0.149. The van der Waals surface area contributed by atoms with Gasteiger partial charge < -0.3 is 14.9 Å². The van der Waals surface area contributed by atoms with Crippen LogP contribution < -0.4 is 4.74 Å². The standard InChI is InChI=1S/C23H31N3O3/c1-18-5-3-7-20(24-18)16-26-13-12-25(17-21(26)10-14-27)11-4-6-19-8-9-22(28)23(15-19)29-2/h3-9,15,21,27-28H,10-14,16-17H2,1-2H3/b6-4+/t21-/m1/s1. The number of rotatable bonds is 8. The van der Waals surface area contributed by atoms with E-state index in [1.165, 1.54) is 0 Å². The lowest BCUT2D eigenvalue weighted by Gasteiger charge is -2.41. The van der Waals surface area contributed by atoms with Crippen molar-refractivity contribution < 1.29 is 14.9 Å². The first kappa shape index (κ1) is 21.3. The number of aryl methyl sites for hydroxylation is 1. The molecule has 2 N–H and O–H groups in total. The van der Waals surface area contributed by atoms with E-state index >= 15 is 0 Å². The lowest BCUT2D eigenvalue weighted by Crippen LogP contribution is -2.52. The van der Waals surface area contributed by atoms with Crippen molar-refractivity contribution in [2.24, 2.45) is 0 Å². The highest BCUT2D eigenvalue weighted by molar-refractivity contribution is 5.55. The van der Waals surface area contributed by atoms with Crippen LogP contribution in [0, 0.1) is 6.92 Å². The molecular formula is C23H31N3O3. The third kappa shape index (κ3) is 6.03. The Bertz CT molecular complexity index is 825. The van der Waals surface area contributed by atoms with E-state index in [0.717, 1.165) is 56.1 Å². The van der Waals surface area contributed by atoms with E-state index < -0.39 is 0 Å². The molecule has 0 unspecified atom stereocenters. The number of aliphatic hydroxyl groups is 1. The van der Waals surface area contributed by atoms with Crippen LogP contribution in [0.4, 0.5) is 0 Å². The van der Waals surface area contributed by atoms with Crippen LogP contribution in [0.15, 0.2) is 42.5 Å². The smallest absolute Gasteiger partial charge is 0.161 e. The maximum absolute atomic E-state index is 9.70. The van der Waals surface area contributed by atoms with Crippen LogP contribution in [0.1, 0.15) is 23.4 Å². The number of ether oxygens (including phenoxy) is 1. The molecule has 0 spiro atoms. The molecule has 2 aromatic rings. The second kappa shape index (κ2) is 10.4. The number of aromatic nitrogens is 1. The fourth-order valence-electron chi connectivity index (χ4n) is 3.79.